The molecule has 2 aromatic carbocycles. The van der Waals surface area contributed by atoms with Gasteiger partial charge in [-0.25, -0.2) is 4.98 Å². The third-order valence-electron chi connectivity index (χ3n) is 3.95. The average Bonchev–Trinajstić information content (AvgIpc) is 2.68. The maximum atomic E-state index is 12.3. The van der Waals surface area contributed by atoms with Gasteiger partial charge in [-0.3, -0.25) is 9.59 Å². The Bertz CT molecular complexity index is 1000. The quantitative estimate of drug-likeness (QED) is 0.650. The summed E-state index contributed by atoms with van der Waals surface area (Å²) in [6.45, 7) is 0. The van der Waals surface area contributed by atoms with E-state index < -0.39 is 0 Å². The van der Waals surface area contributed by atoms with E-state index in [-0.39, 0.29) is 11.7 Å². The van der Waals surface area contributed by atoms with Gasteiger partial charge in [0, 0.05) is 21.7 Å². The Morgan fingerprint density at radius 2 is 1.85 bits per heavy atom. The molecule has 3 N–H and O–H groups in total. The van der Waals surface area contributed by atoms with Gasteiger partial charge < -0.3 is 15.8 Å². The van der Waals surface area contributed by atoms with E-state index in [2.05, 4.69) is 10.3 Å². The van der Waals surface area contributed by atoms with Gasteiger partial charge in [-0.05, 0) is 60.2 Å². The number of nitrogens with one attached hydrogen (secondary N) is 1. The van der Waals surface area contributed by atoms with Crippen molar-refractivity contribution >= 4 is 35.4 Å². The van der Waals surface area contributed by atoms with Crippen molar-refractivity contribution in [3.63, 3.8) is 0 Å². The Labute approximate surface area is 160 Å². The van der Waals surface area contributed by atoms with E-state index in [4.69, 9.17) is 22.1 Å². The lowest BCUT2D eigenvalue weighted by atomic mass is 10.0. The molecule has 1 amide bonds. The second kappa shape index (κ2) is 7.88. The molecule has 7 heteroatoms. The Kier molecular flexibility index (Phi) is 5.38. The number of benzene rings is 2. The second-order valence-electron chi connectivity index (χ2n) is 5.66. The van der Waals surface area contributed by atoms with E-state index in [0.29, 0.717) is 38.8 Å². The van der Waals surface area contributed by atoms with Gasteiger partial charge in [0.1, 0.15) is 17.4 Å². The lowest BCUT2D eigenvalue weighted by Crippen LogP contribution is -2.13. The van der Waals surface area contributed by atoms with Crippen LogP contribution < -0.4 is 15.8 Å². The molecule has 1 heterocycles. The van der Waals surface area contributed by atoms with Crippen LogP contribution in [-0.2, 0) is 0 Å². The molecular formula is C20H16ClN3O3. The minimum atomic E-state index is -0.332. The summed E-state index contributed by atoms with van der Waals surface area (Å²) in [5.74, 6) is 0.739. The van der Waals surface area contributed by atoms with Crippen molar-refractivity contribution in [2.75, 3.05) is 18.2 Å². The van der Waals surface area contributed by atoms with E-state index in [0.717, 1.165) is 6.29 Å². The zero-order valence-electron chi connectivity index (χ0n) is 14.4. The number of nitrogens with two attached hydrogens (primary N) is 1. The minimum Gasteiger partial charge on any atom is -0.497 e. The number of halogens is 1. The van der Waals surface area contributed by atoms with Crippen molar-refractivity contribution in [1.29, 1.82) is 0 Å². The molecule has 0 saturated heterocycles. The first-order chi connectivity index (χ1) is 13.0. The van der Waals surface area contributed by atoms with Gasteiger partial charge in [-0.15, -0.1) is 0 Å². The number of amides is 1. The first-order valence-electron chi connectivity index (χ1n) is 7.99. The lowest BCUT2D eigenvalue weighted by molar-refractivity contribution is 0.102. The number of anilines is 2. The number of nitrogen functional groups attached to an aromatic ring is 1. The van der Waals surface area contributed by atoms with Crippen LogP contribution in [0.15, 0.2) is 54.6 Å². The normalized spacial score (nSPS) is 10.3. The predicted octanol–water partition coefficient (Wildman–Crippen LogP) is 4.06. The molecule has 136 valence electrons. The molecule has 0 unspecified atom stereocenters. The molecule has 0 radical (unpaired) electrons. The number of hydrogen-bond acceptors (Lipinski definition) is 5. The Morgan fingerprint density at radius 1 is 1.11 bits per heavy atom. The molecule has 6 nitrogen and oxygen atoms in total. The van der Waals surface area contributed by atoms with Gasteiger partial charge in [0.2, 0.25) is 0 Å². The monoisotopic (exact) mass is 381 g/mol. The molecule has 0 spiro atoms. The topological polar surface area (TPSA) is 94.3 Å². The largest absolute Gasteiger partial charge is 0.497 e. The Hall–Kier alpha value is -3.38. The number of carbonyl (C=O) groups is 2. The van der Waals surface area contributed by atoms with Crippen LogP contribution in [0.5, 0.6) is 5.75 Å². The third kappa shape index (κ3) is 4.07. The Morgan fingerprint density at radius 3 is 2.48 bits per heavy atom. The number of hydrogen-bond donors (Lipinski definition) is 2. The zero-order chi connectivity index (χ0) is 19.4. The highest BCUT2D eigenvalue weighted by molar-refractivity contribution is 6.30. The average molecular weight is 382 g/mol. The standard InChI is InChI=1S/C20H16ClN3O3/c1-27-15-7-4-13(11-25)17(10-15)16-8-9-18(23-19(16)22)24-20(26)12-2-5-14(21)6-3-12/h2-11H,1H3,(H3,22,23,24,26). The highest BCUT2D eigenvalue weighted by atomic mass is 35.5. The summed E-state index contributed by atoms with van der Waals surface area (Å²) >= 11 is 5.82. The van der Waals surface area contributed by atoms with Gasteiger partial charge in [-0.1, -0.05) is 11.6 Å². The molecule has 0 saturated carbocycles. The van der Waals surface area contributed by atoms with Gasteiger partial charge in [0.25, 0.3) is 5.91 Å². The number of carbonyl (C=O) groups excluding carboxylic acids is 2. The van der Waals surface area contributed by atoms with E-state index in [9.17, 15) is 9.59 Å². The summed E-state index contributed by atoms with van der Waals surface area (Å²) in [5, 5.41) is 3.22. The molecular weight excluding hydrogens is 366 g/mol. The molecule has 0 aliphatic carbocycles. The number of ether oxygens (including phenoxy) is 1. The summed E-state index contributed by atoms with van der Waals surface area (Å²) in [7, 11) is 1.54. The number of aromatic nitrogens is 1. The van der Waals surface area contributed by atoms with Gasteiger partial charge in [0.05, 0.1) is 7.11 Å². The van der Waals surface area contributed by atoms with Crippen molar-refractivity contribution in [1.82, 2.24) is 4.98 Å². The maximum absolute atomic E-state index is 12.3. The summed E-state index contributed by atoms with van der Waals surface area (Å²) in [6.07, 6.45) is 0.741. The molecule has 1 aromatic heterocycles. The molecule has 27 heavy (non-hydrogen) atoms. The van der Waals surface area contributed by atoms with E-state index in [1.54, 1.807) is 54.6 Å². The number of rotatable bonds is 5. The fourth-order valence-corrected chi connectivity index (χ4v) is 2.69. The first-order valence-corrected chi connectivity index (χ1v) is 8.36. The molecule has 3 rings (SSSR count). The SMILES string of the molecule is COc1ccc(C=O)c(-c2ccc(NC(=O)c3ccc(Cl)cc3)nc2N)c1. The molecule has 0 fully saturated rings. The van der Waals surface area contributed by atoms with Crippen LogP contribution in [0.25, 0.3) is 11.1 Å². The fourth-order valence-electron chi connectivity index (χ4n) is 2.56. The zero-order valence-corrected chi connectivity index (χ0v) is 15.2. The molecule has 3 aromatic rings. The van der Waals surface area contributed by atoms with Gasteiger partial charge in [-0.2, -0.15) is 0 Å². The van der Waals surface area contributed by atoms with Crippen molar-refractivity contribution < 1.29 is 14.3 Å². The number of nitrogens with zero attached hydrogens (tertiary/aromatic N) is 1. The van der Waals surface area contributed by atoms with Crippen LogP contribution in [0, 0.1) is 0 Å². The van der Waals surface area contributed by atoms with Crippen molar-refractivity contribution in [3.05, 3.63) is 70.7 Å². The summed E-state index contributed by atoms with van der Waals surface area (Å²) in [5.41, 5.74) is 8.14. The molecule has 0 aliphatic rings. The van der Waals surface area contributed by atoms with Crippen molar-refractivity contribution in [2.24, 2.45) is 0 Å². The molecule has 0 atom stereocenters. The van der Waals surface area contributed by atoms with E-state index in [1.165, 1.54) is 7.11 Å². The Balaban J connectivity index is 1.89. The molecule has 0 bridgehead atoms. The van der Waals surface area contributed by atoms with Gasteiger partial charge in [0.15, 0.2) is 6.29 Å². The molecule has 0 aliphatic heterocycles. The van der Waals surface area contributed by atoms with Crippen LogP contribution in [0.3, 0.4) is 0 Å². The summed E-state index contributed by atoms with van der Waals surface area (Å²) in [4.78, 5) is 27.8. The van der Waals surface area contributed by atoms with E-state index >= 15 is 0 Å². The predicted molar refractivity (Wildman–Crippen MR) is 105 cm³/mol. The van der Waals surface area contributed by atoms with Crippen LogP contribution >= 0.6 is 11.6 Å². The summed E-state index contributed by atoms with van der Waals surface area (Å²) in [6, 6.07) is 14.9. The van der Waals surface area contributed by atoms with Gasteiger partial charge >= 0.3 is 0 Å². The highest BCUT2D eigenvalue weighted by Gasteiger charge is 2.13. The van der Waals surface area contributed by atoms with E-state index in [1.807, 2.05) is 0 Å². The van der Waals surface area contributed by atoms with Crippen molar-refractivity contribution in [3.8, 4) is 16.9 Å². The van der Waals surface area contributed by atoms with Crippen LogP contribution in [0.4, 0.5) is 11.6 Å². The lowest BCUT2D eigenvalue weighted by Gasteiger charge is -2.12. The smallest absolute Gasteiger partial charge is 0.256 e. The fraction of sp³-hybridized carbons (Fsp3) is 0.0500. The van der Waals surface area contributed by atoms with Crippen LogP contribution in [0.1, 0.15) is 20.7 Å². The third-order valence-corrected chi connectivity index (χ3v) is 4.20. The number of pyridine rings is 1. The maximum Gasteiger partial charge on any atom is 0.256 e. The summed E-state index contributed by atoms with van der Waals surface area (Å²) < 4.78 is 5.21. The number of aldehydes is 1. The van der Waals surface area contributed by atoms with Crippen LogP contribution in [0.2, 0.25) is 5.02 Å². The van der Waals surface area contributed by atoms with Crippen LogP contribution in [-0.4, -0.2) is 24.3 Å². The van der Waals surface area contributed by atoms with Crippen molar-refractivity contribution in [2.45, 2.75) is 0 Å². The minimum absolute atomic E-state index is 0.181. The first kappa shape index (κ1) is 18.4. The second-order valence-corrected chi connectivity index (χ2v) is 6.10. The highest BCUT2D eigenvalue weighted by Crippen LogP contribution is 2.31. The number of methoxy groups -OCH3 is 1.